The molecule has 1 aromatic rings. The predicted octanol–water partition coefficient (Wildman–Crippen LogP) is 3.80. The Kier molecular flexibility index (Phi) is 6.04. The zero-order chi connectivity index (χ0) is 23.2. The first-order valence-corrected chi connectivity index (χ1v) is 13.6. The molecule has 0 bridgehead atoms. The van der Waals surface area contributed by atoms with Crippen LogP contribution in [0.1, 0.15) is 73.2 Å². The Labute approximate surface area is 203 Å². The summed E-state index contributed by atoms with van der Waals surface area (Å²) in [6.45, 7) is 3.86. The number of nitrogens with zero attached hydrogens (tertiary/aromatic N) is 2. The van der Waals surface area contributed by atoms with Gasteiger partial charge >= 0.3 is 0 Å². The number of hydrogen-bond donors (Lipinski definition) is 1. The van der Waals surface area contributed by atoms with Crippen molar-refractivity contribution < 1.29 is 14.3 Å². The van der Waals surface area contributed by atoms with Crippen LogP contribution in [0.3, 0.4) is 0 Å². The minimum Gasteiger partial charge on any atom is -0.381 e. The van der Waals surface area contributed by atoms with Crippen LogP contribution in [0.4, 0.5) is 5.69 Å². The highest BCUT2D eigenvalue weighted by Gasteiger charge is 2.43. The highest BCUT2D eigenvalue weighted by atomic mass is 16.5. The number of fused-ring (bicyclic) bond motifs is 3. The van der Waals surface area contributed by atoms with Crippen molar-refractivity contribution in [2.75, 3.05) is 44.8 Å². The van der Waals surface area contributed by atoms with Crippen molar-refractivity contribution in [2.45, 2.75) is 63.3 Å². The molecule has 3 heterocycles. The Bertz CT molecular complexity index is 939. The van der Waals surface area contributed by atoms with Crippen LogP contribution < -0.4 is 10.2 Å². The molecule has 3 unspecified atom stereocenters. The topological polar surface area (TPSA) is 61.9 Å². The molecule has 2 saturated heterocycles. The second-order valence-electron chi connectivity index (χ2n) is 11.5. The zero-order valence-electron chi connectivity index (χ0n) is 20.5. The summed E-state index contributed by atoms with van der Waals surface area (Å²) >= 11 is 0. The molecule has 6 rings (SSSR count). The summed E-state index contributed by atoms with van der Waals surface area (Å²) in [6.07, 6.45) is 9.44. The van der Waals surface area contributed by atoms with E-state index in [9.17, 15) is 9.59 Å². The summed E-state index contributed by atoms with van der Waals surface area (Å²) in [5, 5.41) is 3.10. The van der Waals surface area contributed by atoms with Gasteiger partial charge in [0.2, 0.25) is 5.91 Å². The molecule has 2 amide bonds. The molecule has 6 heteroatoms. The third-order valence-corrected chi connectivity index (χ3v) is 9.45. The molecule has 3 aliphatic heterocycles. The van der Waals surface area contributed by atoms with Crippen LogP contribution in [-0.2, 0) is 9.53 Å². The average Bonchev–Trinajstić information content (AvgIpc) is 3.51. The van der Waals surface area contributed by atoms with Gasteiger partial charge in [0.25, 0.3) is 5.91 Å². The van der Waals surface area contributed by atoms with Crippen molar-refractivity contribution in [2.24, 2.45) is 23.7 Å². The van der Waals surface area contributed by atoms with Gasteiger partial charge in [-0.2, -0.15) is 0 Å². The fraction of sp³-hybridized carbons (Fsp3) is 0.714. The van der Waals surface area contributed by atoms with Gasteiger partial charge in [0.15, 0.2) is 0 Å². The molecule has 0 aromatic heterocycles. The normalized spacial score (nSPS) is 31.3. The van der Waals surface area contributed by atoms with Gasteiger partial charge in [0.05, 0.1) is 5.92 Å². The Morgan fingerprint density at radius 2 is 1.85 bits per heavy atom. The molecule has 34 heavy (non-hydrogen) atoms. The first kappa shape index (κ1) is 22.4. The number of likely N-dealkylation sites (N-methyl/N-ethyl adjacent to an activating group) is 1. The lowest BCUT2D eigenvalue weighted by atomic mass is 9.70. The van der Waals surface area contributed by atoms with Gasteiger partial charge in [0, 0.05) is 63.1 Å². The van der Waals surface area contributed by atoms with E-state index in [0.717, 1.165) is 43.6 Å². The number of amides is 2. The molecule has 1 N–H and O–H groups in total. The van der Waals surface area contributed by atoms with Gasteiger partial charge in [-0.15, -0.1) is 0 Å². The van der Waals surface area contributed by atoms with Gasteiger partial charge in [0.1, 0.15) is 0 Å². The molecular weight excluding hydrogens is 426 g/mol. The summed E-state index contributed by atoms with van der Waals surface area (Å²) in [5.41, 5.74) is 3.46. The number of nitrogens with one attached hydrogen (secondary N) is 1. The van der Waals surface area contributed by atoms with E-state index in [1.165, 1.54) is 56.2 Å². The smallest absolute Gasteiger partial charge is 0.253 e. The van der Waals surface area contributed by atoms with Gasteiger partial charge in [-0.3, -0.25) is 9.59 Å². The molecule has 0 radical (unpaired) electrons. The van der Waals surface area contributed by atoms with Crippen molar-refractivity contribution >= 4 is 17.5 Å². The zero-order valence-corrected chi connectivity index (χ0v) is 20.5. The van der Waals surface area contributed by atoms with E-state index in [4.69, 9.17) is 4.74 Å². The molecule has 1 aromatic carbocycles. The first-order valence-electron chi connectivity index (χ1n) is 13.6. The summed E-state index contributed by atoms with van der Waals surface area (Å²) in [7, 11) is 2.23. The van der Waals surface area contributed by atoms with Crippen molar-refractivity contribution in [1.82, 2.24) is 10.2 Å². The molecule has 2 saturated carbocycles. The Morgan fingerprint density at radius 1 is 1.03 bits per heavy atom. The quantitative estimate of drug-likeness (QED) is 0.719. The number of anilines is 1. The maximum Gasteiger partial charge on any atom is 0.253 e. The number of hydrogen-bond acceptors (Lipinski definition) is 4. The number of carbonyl (C=O) groups is 2. The molecule has 2 aliphatic carbocycles. The number of ether oxygens (including phenoxy) is 1. The van der Waals surface area contributed by atoms with Gasteiger partial charge in [-0.1, -0.05) is 0 Å². The van der Waals surface area contributed by atoms with E-state index in [-0.39, 0.29) is 17.7 Å². The minimum absolute atomic E-state index is 0.0637. The van der Waals surface area contributed by atoms with Crippen molar-refractivity contribution in [3.05, 3.63) is 29.3 Å². The van der Waals surface area contributed by atoms with Crippen LogP contribution in [-0.4, -0.2) is 62.7 Å². The largest absolute Gasteiger partial charge is 0.381 e. The average molecular weight is 466 g/mol. The summed E-state index contributed by atoms with van der Waals surface area (Å²) in [6, 6.07) is 6.92. The van der Waals surface area contributed by atoms with Gasteiger partial charge in [-0.25, -0.2) is 0 Å². The molecule has 4 atom stereocenters. The van der Waals surface area contributed by atoms with E-state index in [0.29, 0.717) is 31.0 Å². The molecule has 0 spiro atoms. The van der Waals surface area contributed by atoms with Crippen molar-refractivity contribution in [3.63, 3.8) is 0 Å². The highest BCUT2D eigenvalue weighted by Crippen LogP contribution is 2.51. The standard InChI is InChI=1S/C28H39N3O3/c1-30-25-6-4-20(19-9-12-34-13-10-19)14-23(25)24-15-21(5-7-26(24)30)28(33)31-11-8-22(17-31)27(32)29-16-18-2-3-18/h5,7,15,18-20,22-23,25H,2-4,6,8-14,16-17H2,1H3,(H,29,32)/t20?,22-,23?,25?/m0/s1. The van der Waals surface area contributed by atoms with E-state index >= 15 is 0 Å². The number of rotatable bonds is 5. The first-order chi connectivity index (χ1) is 16.6. The lowest BCUT2D eigenvalue weighted by Crippen LogP contribution is -2.37. The third kappa shape index (κ3) is 4.23. The fourth-order valence-corrected chi connectivity index (χ4v) is 7.14. The monoisotopic (exact) mass is 465 g/mol. The maximum absolute atomic E-state index is 13.4. The molecule has 5 aliphatic rings. The maximum atomic E-state index is 13.4. The van der Waals surface area contributed by atoms with Crippen LogP contribution in [0, 0.1) is 23.7 Å². The lowest BCUT2D eigenvalue weighted by Gasteiger charge is -2.40. The van der Waals surface area contributed by atoms with Crippen molar-refractivity contribution in [3.8, 4) is 0 Å². The summed E-state index contributed by atoms with van der Waals surface area (Å²) in [5.74, 6) is 2.92. The Balaban J connectivity index is 1.14. The van der Waals surface area contributed by atoms with Crippen LogP contribution in [0.5, 0.6) is 0 Å². The van der Waals surface area contributed by atoms with Gasteiger partial charge < -0.3 is 19.9 Å². The SMILES string of the molecule is CN1c2ccc(C(=O)N3CC[C@H](C(=O)NCC4CC4)C3)cc2C2CC(C3CCOCC3)CCC21. The van der Waals surface area contributed by atoms with Crippen molar-refractivity contribution in [1.29, 1.82) is 0 Å². The lowest BCUT2D eigenvalue weighted by molar-refractivity contribution is -0.124. The van der Waals surface area contributed by atoms with E-state index in [2.05, 4.69) is 29.4 Å². The van der Waals surface area contributed by atoms with Crippen LogP contribution in [0.25, 0.3) is 0 Å². The minimum atomic E-state index is -0.0637. The number of carbonyl (C=O) groups excluding carboxylic acids is 2. The van der Waals surface area contributed by atoms with Crippen LogP contribution >= 0.6 is 0 Å². The van der Waals surface area contributed by atoms with E-state index in [1.54, 1.807) is 0 Å². The van der Waals surface area contributed by atoms with E-state index in [1.807, 2.05) is 11.0 Å². The second kappa shape index (κ2) is 9.18. The van der Waals surface area contributed by atoms with Gasteiger partial charge in [-0.05, 0) is 92.9 Å². The third-order valence-electron chi connectivity index (χ3n) is 9.45. The van der Waals surface area contributed by atoms with Crippen LogP contribution in [0.2, 0.25) is 0 Å². The number of likely N-dealkylation sites (tertiary alicyclic amines) is 1. The van der Waals surface area contributed by atoms with E-state index < -0.39 is 0 Å². The Hall–Kier alpha value is -2.08. The number of benzene rings is 1. The summed E-state index contributed by atoms with van der Waals surface area (Å²) < 4.78 is 5.61. The van der Waals surface area contributed by atoms with Crippen LogP contribution in [0.15, 0.2) is 18.2 Å². The summed E-state index contributed by atoms with van der Waals surface area (Å²) in [4.78, 5) is 30.3. The Morgan fingerprint density at radius 3 is 2.65 bits per heavy atom. The predicted molar refractivity (Wildman–Crippen MR) is 132 cm³/mol. The molecule has 6 nitrogen and oxygen atoms in total. The fourth-order valence-electron chi connectivity index (χ4n) is 7.14. The molecule has 184 valence electrons. The molecule has 4 fully saturated rings. The highest BCUT2D eigenvalue weighted by molar-refractivity contribution is 5.96. The molecular formula is C28H39N3O3. The second-order valence-corrected chi connectivity index (χ2v) is 11.5.